The van der Waals surface area contributed by atoms with Crippen molar-refractivity contribution in [3.05, 3.63) is 66.1 Å². The van der Waals surface area contributed by atoms with Crippen LogP contribution in [0.4, 0.5) is 0 Å². The third-order valence-electron chi connectivity index (χ3n) is 4.29. The first-order valence-corrected chi connectivity index (χ1v) is 8.05. The average Bonchev–Trinajstić information content (AvgIpc) is 3.06. The quantitative estimate of drug-likeness (QED) is 0.782. The van der Waals surface area contributed by atoms with Crippen molar-refractivity contribution >= 4 is 11.6 Å². The predicted octanol–water partition coefficient (Wildman–Crippen LogP) is 2.21. The van der Waals surface area contributed by atoms with Crippen LogP contribution >= 0.6 is 0 Å². The number of pyridine rings is 1. The van der Waals surface area contributed by atoms with Gasteiger partial charge in [-0.1, -0.05) is 36.4 Å². The van der Waals surface area contributed by atoms with E-state index < -0.39 is 0 Å². The molecule has 0 radical (unpaired) electrons. The fourth-order valence-electron chi connectivity index (χ4n) is 2.88. The third kappa shape index (κ3) is 3.00. The second-order valence-corrected chi connectivity index (χ2v) is 6.00. The van der Waals surface area contributed by atoms with Crippen LogP contribution in [0.15, 0.2) is 54.9 Å². The van der Waals surface area contributed by atoms with E-state index in [0.29, 0.717) is 17.9 Å². The molecule has 1 amide bonds. The molecule has 122 valence electrons. The topological polar surface area (TPSA) is 68.5 Å². The lowest BCUT2D eigenvalue weighted by molar-refractivity contribution is -0.0251. The summed E-state index contributed by atoms with van der Waals surface area (Å²) in [7, 11) is 0. The van der Waals surface area contributed by atoms with Gasteiger partial charge in [-0.05, 0) is 30.5 Å². The summed E-state index contributed by atoms with van der Waals surface area (Å²) < 4.78 is 7.41. The minimum atomic E-state index is -0.127. The molecule has 1 N–H and O–H groups in total. The van der Waals surface area contributed by atoms with Crippen LogP contribution in [0.1, 0.15) is 28.9 Å². The van der Waals surface area contributed by atoms with Gasteiger partial charge in [-0.15, -0.1) is 0 Å². The van der Waals surface area contributed by atoms with Gasteiger partial charge in [0.05, 0.1) is 12.7 Å². The lowest BCUT2D eigenvalue weighted by atomic mass is 9.89. The summed E-state index contributed by atoms with van der Waals surface area (Å²) in [6.45, 7) is 0.616. The molecular formula is C18H18N4O2. The number of ether oxygens (including phenoxy) is 1. The van der Waals surface area contributed by atoms with Crippen LogP contribution in [-0.2, 0) is 11.3 Å². The maximum Gasteiger partial charge on any atom is 0.270 e. The average molecular weight is 322 g/mol. The van der Waals surface area contributed by atoms with Gasteiger partial charge >= 0.3 is 0 Å². The lowest BCUT2D eigenvalue weighted by Crippen LogP contribution is -2.48. The molecule has 1 aromatic carbocycles. The molecule has 2 heterocycles. The molecule has 6 nitrogen and oxygen atoms in total. The highest BCUT2D eigenvalue weighted by molar-refractivity contribution is 5.93. The normalized spacial score (nSPS) is 19.8. The summed E-state index contributed by atoms with van der Waals surface area (Å²) in [5.74, 6) is -0.127. The highest BCUT2D eigenvalue weighted by Crippen LogP contribution is 2.24. The van der Waals surface area contributed by atoms with Gasteiger partial charge in [0.25, 0.3) is 5.91 Å². The van der Waals surface area contributed by atoms with Crippen LogP contribution in [0.2, 0.25) is 0 Å². The van der Waals surface area contributed by atoms with E-state index in [9.17, 15) is 4.79 Å². The molecule has 1 saturated carbocycles. The Balaban J connectivity index is 1.29. The molecule has 0 bridgehead atoms. The van der Waals surface area contributed by atoms with E-state index in [1.54, 1.807) is 10.6 Å². The number of carbonyl (C=O) groups is 1. The number of nitrogens with one attached hydrogen (secondary N) is 1. The maximum atomic E-state index is 12.4. The number of hydrogen-bond acceptors (Lipinski definition) is 4. The molecule has 0 aliphatic heterocycles. The van der Waals surface area contributed by atoms with E-state index in [1.807, 2.05) is 30.3 Å². The Morgan fingerprint density at radius 2 is 2.00 bits per heavy atom. The SMILES string of the molecule is O=C(NC1CC(OCc2ccccc2)C1)c1cccc2ncnn12. The van der Waals surface area contributed by atoms with E-state index >= 15 is 0 Å². The van der Waals surface area contributed by atoms with Crippen molar-refractivity contribution in [3.63, 3.8) is 0 Å². The summed E-state index contributed by atoms with van der Waals surface area (Å²) in [5, 5.41) is 7.12. The summed E-state index contributed by atoms with van der Waals surface area (Å²) in [6, 6.07) is 15.6. The largest absolute Gasteiger partial charge is 0.373 e. The molecule has 6 heteroatoms. The minimum absolute atomic E-state index is 0.127. The van der Waals surface area contributed by atoms with Crippen molar-refractivity contribution < 1.29 is 9.53 Å². The second kappa shape index (κ2) is 6.41. The van der Waals surface area contributed by atoms with Crippen molar-refractivity contribution in [1.82, 2.24) is 19.9 Å². The molecule has 3 aromatic rings. The number of aromatic nitrogens is 3. The van der Waals surface area contributed by atoms with E-state index in [0.717, 1.165) is 12.8 Å². The predicted molar refractivity (Wildman–Crippen MR) is 88.5 cm³/mol. The zero-order chi connectivity index (χ0) is 16.4. The molecule has 0 saturated heterocycles. The van der Waals surface area contributed by atoms with Crippen LogP contribution in [0.3, 0.4) is 0 Å². The first kappa shape index (κ1) is 14.8. The van der Waals surface area contributed by atoms with Gasteiger partial charge < -0.3 is 10.1 Å². The smallest absolute Gasteiger partial charge is 0.270 e. The third-order valence-corrected chi connectivity index (χ3v) is 4.29. The summed E-state index contributed by atoms with van der Waals surface area (Å²) in [4.78, 5) is 16.5. The van der Waals surface area contributed by atoms with Gasteiger partial charge in [-0.3, -0.25) is 4.79 Å². The molecule has 1 fully saturated rings. The Bertz CT molecular complexity index is 840. The number of amides is 1. The number of benzene rings is 1. The summed E-state index contributed by atoms with van der Waals surface area (Å²) in [5.41, 5.74) is 2.34. The summed E-state index contributed by atoms with van der Waals surface area (Å²) >= 11 is 0. The highest BCUT2D eigenvalue weighted by Gasteiger charge is 2.31. The van der Waals surface area contributed by atoms with Crippen molar-refractivity contribution in [3.8, 4) is 0 Å². The molecular weight excluding hydrogens is 304 g/mol. The molecule has 24 heavy (non-hydrogen) atoms. The van der Waals surface area contributed by atoms with Gasteiger partial charge in [-0.2, -0.15) is 5.10 Å². The van der Waals surface area contributed by atoms with Crippen LogP contribution in [0, 0.1) is 0 Å². The zero-order valence-electron chi connectivity index (χ0n) is 13.1. The summed E-state index contributed by atoms with van der Waals surface area (Å²) in [6.07, 6.45) is 3.33. The van der Waals surface area contributed by atoms with Crippen LogP contribution < -0.4 is 5.32 Å². The van der Waals surface area contributed by atoms with Crippen molar-refractivity contribution in [2.75, 3.05) is 0 Å². The van der Waals surface area contributed by atoms with E-state index in [1.165, 1.54) is 11.9 Å². The number of nitrogens with zero attached hydrogens (tertiary/aromatic N) is 3. The number of hydrogen-bond donors (Lipinski definition) is 1. The molecule has 0 spiro atoms. The standard InChI is InChI=1S/C18H18N4O2/c23-18(16-7-4-8-17-19-12-20-22(16)17)21-14-9-15(10-14)24-11-13-5-2-1-3-6-13/h1-8,12,14-15H,9-11H2,(H,21,23). The Morgan fingerprint density at radius 1 is 1.17 bits per heavy atom. The molecule has 0 atom stereocenters. The number of fused-ring (bicyclic) bond motifs is 1. The monoisotopic (exact) mass is 322 g/mol. The maximum absolute atomic E-state index is 12.4. The van der Waals surface area contributed by atoms with Crippen molar-refractivity contribution in [2.24, 2.45) is 0 Å². The van der Waals surface area contributed by atoms with Crippen LogP contribution in [-0.4, -0.2) is 32.7 Å². The van der Waals surface area contributed by atoms with Gasteiger partial charge in [0.1, 0.15) is 12.0 Å². The van der Waals surface area contributed by atoms with Crippen molar-refractivity contribution in [1.29, 1.82) is 0 Å². The second-order valence-electron chi connectivity index (χ2n) is 6.00. The minimum Gasteiger partial charge on any atom is -0.373 e. The number of rotatable bonds is 5. The van der Waals surface area contributed by atoms with E-state index in [4.69, 9.17) is 4.74 Å². The van der Waals surface area contributed by atoms with Gasteiger partial charge in [0.15, 0.2) is 5.65 Å². The van der Waals surface area contributed by atoms with Gasteiger partial charge in [0.2, 0.25) is 0 Å². The first-order chi connectivity index (χ1) is 11.8. The fourth-order valence-corrected chi connectivity index (χ4v) is 2.88. The lowest BCUT2D eigenvalue weighted by Gasteiger charge is -2.35. The van der Waals surface area contributed by atoms with E-state index in [-0.39, 0.29) is 18.1 Å². The molecule has 1 aliphatic carbocycles. The van der Waals surface area contributed by atoms with Gasteiger partial charge in [0, 0.05) is 6.04 Å². The first-order valence-electron chi connectivity index (χ1n) is 8.05. The zero-order valence-corrected chi connectivity index (χ0v) is 13.1. The molecule has 4 rings (SSSR count). The molecule has 2 aromatic heterocycles. The van der Waals surface area contributed by atoms with Crippen LogP contribution in [0.25, 0.3) is 5.65 Å². The van der Waals surface area contributed by atoms with Crippen LogP contribution in [0.5, 0.6) is 0 Å². The molecule has 0 unspecified atom stereocenters. The Labute approximate surface area is 139 Å². The fraction of sp³-hybridized carbons (Fsp3) is 0.278. The Morgan fingerprint density at radius 3 is 2.83 bits per heavy atom. The Kier molecular flexibility index (Phi) is 3.96. The van der Waals surface area contributed by atoms with Crippen molar-refractivity contribution in [2.45, 2.75) is 31.6 Å². The Hall–Kier alpha value is -2.73. The number of carbonyl (C=O) groups excluding carboxylic acids is 1. The highest BCUT2D eigenvalue weighted by atomic mass is 16.5. The molecule has 1 aliphatic rings. The van der Waals surface area contributed by atoms with E-state index in [2.05, 4.69) is 27.5 Å². The van der Waals surface area contributed by atoms with Gasteiger partial charge in [-0.25, -0.2) is 9.50 Å².